The summed E-state index contributed by atoms with van der Waals surface area (Å²) < 4.78 is 15.2. The monoisotopic (exact) mass is 248 g/mol. The number of benzene rings is 1. The molecule has 3 heteroatoms. The van der Waals surface area contributed by atoms with Crippen LogP contribution in [0.5, 0.6) is 0 Å². The first-order valence-electron chi connectivity index (χ1n) is 6.55. The first-order chi connectivity index (χ1) is 8.58. The number of halogens is 1. The van der Waals surface area contributed by atoms with Gasteiger partial charge in [-0.25, -0.2) is 4.39 Å². The molecule has 98 valence electrons. The molecule has 0 fully saturated rings. The highest BCUT2D eigenvalue weighted by Crippen LogP contribution is 2.22. The zero-order valence-electron chi connectivity index (χ0n) is 11.3. The Morgan fingerprint density at radius 3 is 2.83 bits per heavy atom. The van der Waals surface area contributed by atoms with Gasteiger partial charge in [0.15, 0.2) is 0 Å². The predicted molar refractivity (Wildman–Crippen MR) is 74.3 cm³/mol. The highest BCUT2D eigenvalue weighted by atomic mass is 19.1. The van der Waals surface area contributed by atoms with Crippen molar-refractivity contribution in [1.82, 2.24) is 9.88 Å². The summed E-state index contributed by atoms with van der Waals surface area (Å²) in [6.07, 6.45) is 4.25. The number of nitrogens with zero attached hydrogens (tertiary/aromatic N) is 1. The molecule has 0 aliphatic heterocycles. The smallest absolute Gasteiger partial charge is 0.125 e. The van der Waals surface area contributed by atoms with E-state index in [4.69, 9.17) is 0 Å². The van der Waals surface area contributed by atoms with Gasteiger partial charge in [-0.2, -0.15) is 0 Å². The fourth-order valence-electron chi connectivity index (χ4n) is 2.31. The van der Waals surface area contributed by atoms with Crippen molar-refractivity contribution in [3.63, 3.8) is 0 Å². The van der Waals surface area contributed by atoms with E-state index < -0.39 is 0 Å². The average molecular weight is 248 g/mol. The van der Waals surface area contributed by atoms with Crippen molar-refractivity contribution in [2.75, 3.05) is 6.54 Å². The molecule has 0 atom stereocenters. The molecule has 0 bridgehead atoms. The van der Waals surface area contributed by atoms with Gasteiger partial charge in [-0.05, 0) is 43.1 Å². The maximum atomic E-state index is 13.2. The predicted octanol–water partition coefficient (Wildman–Crippen LogP) is 3.25. The molecular weight excluding hydrogens is 227 g/mol. The number of aromatic nitrogens is 1. The second kappa shape index (κ2) is 5.53. The van der Waals surface area contributed by atoms with Crippen LogP contribution in [-0.4, -0.2) is 17.2 Å². The Kier molecular flexibility index (Phi) is 4.02. The summed E-state index contributed by atoms with van der Waals surface area (Å²) in [4.78, 5) is 0. The number of nitrogens with one attached hydrogen (secondary N) is 1. The molecule has 0 radical (unpaired) electrons. The third-order valence-electron chi connectivity index (χ3n) is 3.21. The second-order valence-corrected chi connectivity index (χ2v) is 5.14. The van der Waals surface area contributed by atoms with Crippen molar-refractivity contribution in [2.45, 2.75) is 32.7 Å². The quantitative estimate of drug-likeness (QED) is 0.804. The average Bonchev–Trinajstić information content (AvgIpc) is 2.61. The summed E-state index contributed by atoms with van der Waals surface area (Å²) in [5, 5.41) is 4.58. The Morgan fingerprint density at radius 2 is 2.11 bits per heavy atom. The first kappa shape index (κ1) is 13.1. The van der Waals surface area contributed by atoms with Gasteiger partial charge < -0.3 is 9.88 Å². The molecule has 2 aromatic rings. The van der Waals surface area contributed by atoms with E-state index in [1.165, 1.54) is 17.0 Å². The van der Waals surface area contributed by atoms with Gasteiger partial charge in [0.05, 0.1) is 5.52 Å². The molecule has 0 aliphatic rings. The van der Waals surface area contributed by atoms with Crippen LogP contribution in [0, 0.1) is 5.82 Å². The fourth-order valence-corrected chi connectivity index (χ4v) is 2.31. The lowest BCUT2D eigenvalue weighted by atomic mass is 10.1. The Balaban J connectivity index is 2.09. The van der Waals surface area contributed by atoms with Crippen molar-refractivity contribution >= 4 is 10.9 Å². The lowest BCUT2D eigenvalue weighted by Gasteiger charge is -2.07. The maximum Gasteiger partial charge on any atom is 0.125 e. The molecule has 0 aliphatic carbocycles. The summed E-state index contributed by atoms with van der Waals surface area (Å²) in [7, 11) is 1.97. The van der Waals surface area contributed by atoms with Crippen LogP contribution in [0.4, 0.5) is 4.39 Å². The third-order valence-corrected chi connectivity index (χ3v) is 3.21. The standard InChI is InChI=1S/C15H21FN2/c1-11(2)17-8-4-5-12-10-18(3)15-9-13(16)6-7-14(12)15/h6-7,9-11,17H,4-5,8H2,1-3H3. The van der Waals surface area contributed by atoms with Crippen LogP contribution in [0.3, 0.4) is 0 Å². The molecule has 1 aromatic carbocycles. The van der Waals surface area contributed by atoms with Gasteiger partial charge in [0, 0.05) is 24.7 Å². The number of hydrogen-bond donors (Lipinski definition) is 1. The topological polar surface area (TPSA) is 17.0 Å². The van der Waals surface area contributed by atoms with E-state index in [9.17, 15) is 4.39 Å². The van der Waals surface area contributed by atoms with Crippen LogP contribution < -0.4 is 5.32 Å². The van der Waals surface area contributed by atoms with Gasteiger partial charge in [-0.15, -0.1) is 0 Å². The molecule has 0 saturated heterocycles. The van der Waals surface area contributed by atoms with Crippen LogP contribution in [0.2, 0.25) is 0 Å². The van der Waals surface area contributed by atoms with Gasteiger partial charge in [-0.1, -0.05) is 13.8 Å². The van der Waals surface area contributed by atoms with Gasteiger partial charge in [0.2, 0.25) is 0 Å². The molecule has 2 rings (SSSR count). The van der Waals surface area contributed by atoms with E-state index in [1.54, 1.807) is 6.07 Å². The van der Waals surface area contributed by atoms with E-state index in [1.807, 2.05) is 17.7 Å². The minimum Gasteiger partial charge on any atom is -0.350 e. The van der Waals surface area contributed by atoms with Crippen LogP contribution in [0.25, 0.3) is 10.9 Å². The molecule has 1 N–H and O–H groups in total. The molecule has 0 saturated carbocycles. The Bertz CT molecular complexity index is 529. The second-order valence-electron chi connectivity index (χ2n) is 5.14. The summed E-state index contributed by atoms with van der Waals surface area (Å²) in [6.45, 7) is 5.33. The molecule has 0 amide bonds. The number of hydrogen-bond acceptors (Lipinski definition) is 1. The van der Waals surface area contributed by atoms with Crippen LogP contribution in [-0.2, 0) is 13.5 Å². The third kappa shape index (κ3) is 2.91. The largest absolute Gasteiger partial charge is 0.350 e. The highest BCUT2D eigenvalue weighted by molar-refractivity contribution is 5.84. The zero-order chi connectivity index (χ0) is 13.1. The summed E-state index contributed by atoms with van der Waals surface area (Å²) in [6, 6.07) is 5.56. The highest BCUT2D eigenvalue weighted by Gasteiger charge is 2.07. The minimum atomic E-state index is -0.170. The molecule has 1 aromatic heterocycles. The van der Waals surface area contributed by atoms with Gasteiger partial charge in [0.1, 0.15) is 5.82 Å². The van der Waals surface area contributed by atoms with Crippen LogP contribution in [0.1, 0.15) is 25.8 Å². The number of fused-ring (bicyclic) bond motifs is 1. The Labute approximate surface area is 108 Å². The first-order valence-corrected chi connectivity index (χ1v) is 6.55. The van der Waals surface area contributed by atoms with E-state index in [0.29, 0.717) is 6.04 Å². The fraction of sp³-hybridized carbons (Fsp3) is 0.467. The van der Waals surface area contributed by atoms with Crippen LogP contribution in [0.15, 0.2) is 24.4 Å². The van der Waals surface area contributed by atoms with Crippen molar-refractivity contribution in [3.8, 4) is 0 Å². The maximum absolute atomic E-state index is 13.2. The summed E-state index contributed by atoms with van der Waals surface area (Å²) in [5.74, 6) is -0.170. The zero-order valence-corrected chi connectivity index (χ0v) is 11.3. The Morgan fingerprint density at radius 1 is 1.33 bits per heavy atom. The molecule has 0 unspecified atom stereocenters. The van der Waals surface area contributed by atoms with Gasteiger partial charge in [0.25, 0.3) is 0 Å². The van der Waals surface area contributed by atoms with Gasteiger partial charge in [-0.3, -0.25) is 0 Å². The number of rotatable bonds is 5. The Hall–Kier alpha value is -1.35. The minimum absolute atomic E-state index is 0.170. The molecule has 0 spiro atoms. The van der Waals surface area contributed by atoms with Crippen molar-refractivity contribution in [3.05, 3.63) is 35.8 Å². The normalized spacial score (nSPS) is 11.6. The van der Waals surface area contributed by atoms with Crippen molar-refractivity contribution in [1.29, 1.82) is 0 Å². The molecule has 2 nitrogen and oxygen atoms in total. The SMILES string of the molecule is CC(C)NCCCc1cn(C)c2cc(F)ccc12. The van der Waals surface area contributed by atoms with E-state index in [2.05, 4.69) is 25.4 Å². The summed E-state index contributed by atoms with van der Waals surface area (Å²) in [5.41, 5.74) is 2.28. The number of aryl methyl sites for hydroxylation is 2. The van der Waals surface area contributed by atoms with E-state index in [-0.39, 0.29) is 5.82 Å². The molecule has 18 heavy (non-hydrogen) atoms. The van der Waals surface area contributed by atoms with E-state index >= 15 is 0 Å². The lowest BCUT2D eigenvalue weighted by molar-refractivity contribution is 0.571. The molecule has 1 heterocycles. The van der Waals surface area contributed by atoms with Crippen molar-refractivity contribution < 1.29 is 4.39 Å². The van der Waals surface area contributed by atoms with Gasteiger partial charge >= 0.3 is 0 Å². The lowest BCUT2D eigenvalue weighted by Crippen LogP contribution is -2.23. The molecular formula is C15H21FN2. The van der Waals surface area contributed by atoms with Crippen LogP contribution >= 0.6 is 0 Å². The van der Waals surface area contributed by atoms with E-state index in [0.717, 1.165) is 24.9 Å². The summed E-state index contributed by atoms with van der Waals surface area (Å²) >= 11 is 0. The van der Waals surface area contributed by atoms with Crippen molar-refractivity contribution in [2.24, 2.45) is 7.05 Å².